The topological polar surface area (TPSA) is 12.4 Å². The van der Waals surface area contributed by atoms with Crippen LogP contribution in [0.3, 0.4) is 0 Å². The molecule has 0 unspecified atom stereocenters. The third kappa shape index (κ3) is 3.78. The van der Waals surface area contributed by atoms with Gasteiger partial charge in [-0.3, -0.25) is 0 Å². The fourth-order valence-electron chi connectivity index (χ4n) is 0.671. The standard InChI is InChI=1S/C5H9BrF6NPSi/c1-15(2,3)13-14(6,4(7,8)9)5(10,11)12/h1-3H3. The summed E-state index contributed by atoms with van der Waals surface area (Å²) in [5, 5.41) is 0. The molecular weight excluding hydrogens is 327 g/mol. The minimum absolute atomic E-state index is 1.32. The van der Waals surface area contributed by atoms with E-state index < -0.39 is 25.8 Å². The fraction of sp³-hybridized carbons (Fsp3) is 1.00. The second kappa shape index (κ2) is 4.07. The zero-order valence-electron chi connectivity index (χ0n) is 8.04. The van der Waals surface area contributed by atoms with E-state index in [0.29, 0.717) is 0 Å². The summed E-state index contributed by atoms with van der Waals surface area (Å²) in [5.74, 6) is -16.2. The maximum absolute atomic E-state index is 12.3. The van der Waals surface area contributed by atoms with Crippen molar-refractivity contribution in [1.29, 1.82) is 0 Å². The number of halogens is 7. The van der Waals surface area contributed by atoms with Crippen molar-refractivity contribution in [2.75, 3.05) is 0 Å². The van der Waals surface area contributed by atoms with E-state index in [1.54, 1.807) is 15.5 Å². The van der Waals surface area contributed by atoms with Crippen LogP contribution < -0.4 is 0 Å². The van der Waals surface area contributed by atoms with Crippen molar-refractivity contribution in [2.24, 2.45) is 4.41 Å². The van der Waals surface area contributed by atoms with Gasteiger partial charge in [0.1, 0.15) is 0 Å². The van der Waals surface area contributed by atoms with Gasteiger partial charge in [0.15, 0.2) is 8.24 Å². The van der Waals surface area contributed by atoms with Crippen LogP contribution in [-0.4, -0.2) is 20.1 Å². The van der Waals surface area contributed by atoms with Gasteiger partial charge in [0.2, 0.25) is 5.76 Å². The van der Waals surface area contributed by atoms with Gasteiger partial charge in [-0.25, -0.2) is 0 Å². The smallest absolute Gasteiger partial charge is 0.313 e. The molecule has 0 aliphatic heterocycles. The van der Waals surface area contributed by atoms with Crippen molar-refractivity contribution in [1.82, 2.24) is 0 Å². The highest BCUT2D eigenvalue weighted by Gasteiger charge is 2.63. The molecule has 0 N–H and O–H groups in total. The van der Waals surface area contributed by atoms with Gasteiger partial charge in [-0.05, 0) is 15.5 Å². The monoisotopic (exact) mass is 335 g/mol. The fourth-order valence-corrected chi connectivity index (χ4v) is 9.45. The summed E-state index contributed by atoms with van der Waals surface area (Å²) in [6.07, 6.45) is 0. The summed E-state index contributed by atoms with van der Waals surface area (Å²) in [6.45, 7) is 3.96. The molecule has 0 aliphatic rings. The van der Waals surface area contributed by atoms with E-state index in [9.17, 15) is 26.3 Å². The van der Waals surface area contributed by atoms with Crippen LogP contribution in [0.5, 0.6) is 0 Å². The zero-order valence-corrected chi connectivity index (χ0v) is 11.5. The average molecular weight is 336 g/mol. The number of hydrogen-bond acceptors (Lipinski definition) is 1. The van der Waals surface area contributed by atoms with Crippen molar-refractivity contribution >= 4 is 29.5 Å². The largest absolute Gasteiger partial charge is 0.437 e. The molecule has 0 atom stereocenters. The summed E-state index contributed by atoms with van der Waals surface area (Å²) in [7, 11) is -2.82. The van der Waals surface area contributed by atoms with Crippen LogP contribution in [-0.2, 0) is 0 Å². The highest BCUT2D eigenvalue weighted by Crippen LogP contribution is 2.79. The van der Waals surface area contributed by atoms with Crippen LogP contribution >= 0.6 is 21.2 Å². The minimum Gasteiger partial charge on any atom is -0.313 e. The van der Waals surface area contributed by atoms with Gasteiger partial charge in [0.25, 0.3) is 0 Å². The van der Waals surface area contributed by atoms with Crippen molar-refractivity contribution in [3.05, 3.63) is 0 Å². The summed E-state index contributed by atoms with van der Waals surface area (Å²) in [4.78, 5) is 0. The number of rotatable bonds is 1. The average Bonchev–Trinajstić information content (AvgIpc) is 1.77. The molecule has 0 rings (SSSR count). The van der Waals surface area contributed by atoms with Gasteiger partial charge in [-0.2, -0.15) is 26.3 Å². The number of nitrogens with zero attached hydrogens (tertiary/aromatic N) is 1. The van der Waals surface area contributed by atoms with Crippen LogP contribution in [0.25, 0.3) is 0 Å². The Morgan fingerprint density at radius 2 is 1.20 bits per heavy atom. The van der Waals surface area contributed by atoms with E-state index in [-0.39, 0.29) is 0 Å². The predicted molar refractivity (Wildman–Crippen MR) is 53.7 cm³/mol. The number of hydrogen-bond donors (Lipinski definition) is 0. The maximum atomic E-state index is 12.3. The van der Waals surface area contributed by atoms with Gasteiger partial charge in [-0.15, -0.1) is 0 Å². The van der Waals surface area contributed by atoms with Crippen molar-refractivity contribution in [2.45, 2.75) is 31.5 Å². The van der Waals surface area contributed by atoms with E-state index in [1.165, 1.54) is 19.6 Å². The van der Waals surface area contributed by atoms with E-state index in [2.05, 4.69) is 4.41 Å². The Morgan fingerprint density at radius 1 is 0.933 bits per heavy atom. The van der Waals surface area contributed by atoms with Crippen LogP contribution in [0.2, 0.25) is 19.6 Å². The Balaban J connectivity index is 5.77. The lowest BCUT2D eigenvalue weighted by Crippen LogP contribution is -2.24. The Kier molecular flexibility index (Phi) is 4.21. The van der Waals surface area contributed by atoms with Crippen LogP contribution in [0.4, 0.5) is 26.3 Å². The quantitative estimate of drug-likeness (QED) is 0.347. The van der Waals surface area contributed by atoms with Gasteiger partial charge >= 0.3 is 11.8 Å². The minimum atomic E-state index is -5.46. The molecule has 0 aliphatic carbocycles. The molecule has 0 radical (unpaired) electrons. The Morgan fingerprint density at radius 3 is 1.27 bits per heavy atom. The van der Waals surface area contributed by atoms with Gasteiger partial charge in [0.05, 0.1) is 0 Å². The van der Waals surface area contributed by atoms with Crippen molar-refractivity contribution in [3.8, 4) is 0 Å². The second-order valence-electron chi connectivity index (χ2n) is 3.76. The summed E-state index contributed by atoms with van der Waals surface area (Å²) in [6, 6.07) is 0. The molecule has 0 saturated heterocycles. The Hall–Kier alpha value is 0.507. The third-order valence-electron chi connectivity index (χ3n) is 1.11. The molecule has 0 amide bonds. The first-order chi connectivity index (χ1) is 6.21. The molecule has 0 spiro atoms. The van der Waals surface area contributed by atoms with Crippen LogP contribution in [0.1, 0.15) is 0 Å². The molecule has 0 aromatic carbocycles. The summed E-state index contributed by atoms with van der Waals surface area (Å²) in [5.41, 5.74) is 0. The van der Waals surface area contributed by atoms with Crippen LogP contribution in [0.15, 0.2) is 4.41 Å². The summed E-state index contributed by atoms with van der Waals surface area (Å²) < 4.78 is 77.0. The lowest BCUT2D eigenvalue weighted by Gasteiger charge is -2.27. The second-order valence-corrected chi connectivity index (χ2v) is 14.1. The van der Waals surface area contributed by atoms with E-state index in [1.807, 2.05) is 0 Å². The molecule has 0 heterocycles. The third-order valence-corrected chi connectivity index (χ3v) is 9.80. The predicted octanol–water partition coefficient (Wildman–Crippen LogP) is 5.37. The summed E-state index contributed by atoms with van der Waals surface area (Å²) >= 11 is 1.79. The van der Waals surface area contributed by atoms with Gasteiger partial charge < -0.3 is 4.41 Å². The van der Waals surface area contributed by atoms with Crippen molar-refractivity contribution < 1.29 is 26.3 Å². The lowest BCUT2D eigenvalue weighted by atomic mass is 11.5. The highest BCUT2D eigenvalue weighted by atomic mass is 79.9. The first-order valence-corrected chi connectivity index (χ1v) is 10.9. The normalized spacial score (nSPS) is 15.3. The molecule has 15 heavy (non-hydrogen) atoms. The number of alkyl halides is 6. The van der Waals surface area contributed by atoms with Crippen LogP contribution in [0, 0.1) is 0 Å². The van der Waals surface area contributed by atoms with E-state index in [4.69, 9.17) is 0 Å². The van der Waals surface area contributed by atoms with E-state index >= 15 is 0 Å². The molecule has 0 fully saturated rings. The molecule has 92 valence electrons. The Bertz CT molecular complexity index is 271. The maximum Gasteiger partial charge on any atom is 0.437 e. The highest BCUT2D eigenvalue weighted by molar-refractivity contribution is 9.41. The van der Waals surface area contributed by atoms with E-state index in [0.717, 1.165) is 0 Å². The zero-order chi connectivity index (χ0) is 12.7. The Labute approximate surface area is 92.1 Å². The molecule has 10 heteroatoms. The van der Waals surface area contributed by atoms with Gasteiger partial charge in [0, 0.05) is 0 Å². The molecule has 0 aromatic heterocycles. The molecule has 0 saturated carbocycles. The lowest BCUT2D eigenvalue weighted by molar-refractivity contribution is -0.0820. The first kappa shape index (κ1) is 15.5. The molecule has 0 bridgehead atoms. The molecule has 1 nitrogen and oxygen atoms in total. The first-order valence-electron chi connectivity index (χ1n) is 3.67. The van der Waals surface area contributed by atoms with Gasteiger partial charge in [-0.1, -0.05) is 19.6 Å². The molecular formula is C5H9BrF6NPSi. The molecule has 0 aromatic rings. The van der Waals surface area contributed by atoms with Crippen molar-refractivity contribution in [3.63, 3.8) is 0 Å². The SMILES string of the molecule is C[Si](C)(C)N=P(Br)(C(F)(F)F)C(F)(F)F.